The zero-order valence-electron chi connectivity index (χ0n) is 39.3. The fraction of sp³-hybridized carbons (Fsp3) is 0.562. The molecule has 3 heterocycles. The number of rotatable bonds is 11. The SMILES string of the molecule is COc1ccc2c(O[C@@H]3C[C@H]4C(=O)N[C@]5(C(=O)NS(=O)(=O)C6(C)CC6)CC5/C=C\CC[C@H](C)C[C@@H](C)[C@H](NC(=O)OC(C)(C)C(F)(F)F)C(=O)N4C3)nc(-c3ccc(OC(C)C)c(F)c3)cc2c1. The summed E-state index contributed by atoms with van der Waals surface area (Å²) in [6.07, 6.45) is -2.20. The van der Waals surface area contributed by atoms with Crippen molar-refractivity contribution < 1.29 is 64.1 Å². The molecule has 2 saturated carbocycles. The third-order valence-electron chi connectivity index (χ3n) is 13.4. The van der Waals surface area contributed by atoms with Gasteiger partial charge in [0.05, 0.1) is 30.2 Å². The molecule has 1 saturated heterocycles. The number of methoxy groups -OCH3 is 1. The van der Waals surface area contributed by atoms with Crippen LogP contribution in [0.1, 0.15) is 93.4 Å². The summed E-state index contributed by atoms with van der Waals surface area (Å²) in [5.74, 6) is -4.04. The van der Waals surface area contributed by atoms with E-state index >= 15 is 9.18 Å². The minimum Gasteiger partial charge on any atom is -0.497 e. The van der Waals surface area contributed by atoms with Crippen LogP contribution in [0, 0.1) is 23.6 Å². The van der Waals surface area contributed by atoms with E-state index in [2.05, 4.69) is 15.4 Å². The smallest absolute Gasteiger partial charge is 0.427 e. The van der Waals surface area contributed by atoms with Crippen molar-refractivity contribution in [3.8, 4) is 28.6 Å². The van der Waals surface area contributed by atoms with Gasteiger partial charge >= 0.3 is 12.3 Å². The van der Waals surface area contributed by atoms with Gasteiger partial charge in [0, 0.05) is 23.3 Å². The van der Waals surface area contributed by atoms with Crippen LogP contribution < -0.4 is 29.6 Å². The maximum atomic E-state index is 15.4. The second-order valence-corrected chi connectivity index (χ2v) is 21.9. The van der Waals surface area contributed by atoms with Crippen LogP contribution in [-0.2, 0) is 29.1 Å². The number of benzene rings is 2. The van der Waals surface area contributed by atoms with E-state index < -0.39 is 91.7 Å². The van der Waals surface area contributed by atoms with E-state index in [9.17, 15) is 36.0 Å². The maximum Gasteiger partial charge on any atom is 0.427 e. The Kier molecular flexibility index (Phi) is 13.8. The Bertz CT molecular complexity index is 2600. The third-order valence-corrected chi connectivity index (χ3v) is 15.6. The molecule has 2 aliphatic heterocycles. The number of carbonyl (C=O) groups is 4. The van der Waals surface area contributed by atoms with Crippen LogP contribution >= 0.6 is 0 Å². The predicted molar refractivity (Wildman–Crippen MR) is 243 cm³/mol. The van der Waals surface area contributed by atoms with Gasteiger partial charge in [-0.3, -0.25) is 19.1 Å². The van der Waals surface area contributed by atoms with Gasteiger partial charge in [-0.1, -0.05) is 26.0 Å². The highest BCUT2D eigenvalue weighted by Crippen LogP contribution is 2.48. The Morgan fingerprint density at radius 1 is 1.03 bits per heavy atom. The topological polar surface area (TPSA) is 192 Å². The second-order valence-electron chi connectivity index (χ2n) is 19.7. The van der Waals surface area contributed by atoms with Crippen molar-refractivity contribution in [1.82, 2.24) is 25.2 Å². The summed E-state index contributed by atoms with van der Waals surface area (Å²) in [4.78, 5) is 63.2. The number of alkyl carbamates (subject to hydrolysis) is 1. The number of fused-ring (bicyclic) bond motifs is 3. The molecule has 1 unspecified atom stereocenters. The zero-order chi connectivity index (χ0) is 49.7. The number of aromatic nitrogens is 1. The molecule has 20 heteroatoms. The minimum absolute atomic E-state index is 0.0420. The molecule has 7 atom stereocenters. The van der Waals surface area contributed by atoms with E-state index in [-0.39, 0.29) is 43.0 Å². The quantitative estimate of drug-likeness (QED) is 0.127. The first kappa shape index (κ1) is 50.2. The van der Waals surface area contributed by atoms with Crippen molar-refractivity contribution in [1.29, 1.82) is 0 Å². The summed E-state index contributed by atoms with van der Waals surface area (Å²) >= 11 is 0. The van der Waals surface area contributed by atoms with Crippen LogP contribution in [0.5, 0.6) is 17.4 Å². The highest BCUT2D eigenvalue weighted by atomic mass is 32.2. The van der Waals surface area contributed by atoms with Crippen LogP contribution in [0.15, 0.2) is 54.6 Å². The number of pyridine rings is 1. The van der Waals surface area contributed by atoms with Crippen LogP contribution in [0.2, 0.25) is 0 Å². The lowest BCUT2D eigenvalue weighted by molar-refractivity contribution is -0.244. The molecule has 370 valence electrons. The van der Waals surface area contributed by atoms with E-state index in [1.165, 1.54) is 26.2 Å². The summed E-state index contributed by atoms with van der Waals surface area (Å²) < 4.78 is 107. The fourth-order valence-electron chi connectivity index (χ4n) is 8.78. The molecule has 4 aliphatic rings. The Hall–Kier alpha value is -5.66. The molecule has 68 heavy (non-hydrogen) atoms. The van der Waals surface area contributed by atoms with Crippen LogP contribution in [-0.4, -0.2) is 102 Å². The van der Waals surface area contributed by atoms with Gasteiger partial charge < -0.3 is 34.5 Å². The second kappa shape index (κ2) is 18.7. The van der Waals surface area contributed by atoms with E-state index in [1.54, 1.807) is 57.2 Å². The predicted octanol–water partition coefficient (Wildman–Crippen LogP) is 7.51. The highest BCUT2D eigenvalue weighted by molar-refractivity contribution is 7.91. The largest absolute Gasteiger partial charge is 0.497 e. The number of sulfonamides is 1. The van der Waals surface area contributed by atoms with Gasteiger partial charge in [-0.15, -0.1) is 0 Å². The standard InChI is InChI=1S/C48H59F4N5O10S/c1-26(2)65-38-16-13-29(21-35(38)49)36-22-30-20-32(64-8)14-15-34(30)41(53-36)66-33-23-37-40(58)55-47(43(60)56-68(62,63)46(7)17-18-46)24-31(47)12-10-9-11-27(3)19-28(4)39(42(59)57(37)25-33)54-44(61)67-45(5,6)48(50,51)52/h10,12-16,20-22,26-28,31,33,37,39H,9,11,17-19,23-25H2,1-8H3,(H,54,61)(H,55,58)(H,56,60)/b12-10-/t27-,28+,31?,33+,37-,39-,47+/m0/s1. The lowest BCUT2D eigenvalue weighted by atomic mass is 9.88. The van der Waals surface area contributed by atoms with Gasteiger partial charge in [-0.25, -0.2) is 22.6 Å². The number of ether oxygens (including phenoxy) is 4. The molecule has 7 rings (SSSR count). The van der Waals surface area contributed by atoms with E-state index in [1.807, 2.05) is 13.0 Å². The molecule has 0 radical (unpaired) electrons. The number of allylic oxidation sites excluding steroid dienone is 1. The van der Waals surface area contributed by atoms with Gasteiger partial charge in [-0.05, 0) is 133 Å². The number of hydrogen-bond donors (Lipinski definition) is 3. The van der Waals surface area contributed by atoms with Crippen molar-refractivity contribution in [3.05, 3.63) is 60.4 Å². The molecule has 3 aromatic rings. The lowest BCUT2D eigenvalue weighted by Crippen LogP contribution is -2.59. The van der Waals surface area contributed by atoms with E-state index in [0.717, 1.165) is 4.90 Å². The molecule has 3 fully saturated rings. The molecule has 15 nitrogen and oxygen atoms in total. The average Bonchev–Trinajstić information content (AvgIpc) is 4.13. The maximum absolute atomic E-state index is 15.4. The zero-order valence-corrected chi connectivity index (χ0v) is 40.1. The molecule has 0 spiro atoms. The van der Waals surface area contributed by atoms with E-state index in [4.69, 9.17) is 23.9 Å². The monoisotopic (exact) mass is 973 g/mol. The average molecular weight is 974 g/mol. The van der Waals surface area contributed by atoms with Gasteiger partial charge in [0.25, 0.3) is 5.91 Å². The number of alkyl halides is 3. The Morgan fingerprint density at radius 3 is 2.40 bits per heavy atom. The number of amides is 4. The Labute approximate surface area is 393 Å². The van der Waals surface area contributed by atoms with Gasteiger partial charge in [0.1, 0.15) is 29.5 Å². The molecule has 4 amide bonds. The summed E-state index contributed by atoms with van der Waals surface area (Å²) in [6.45, 7) is 9.68. The van der Waals surface area contributed by atoms with Crippen molar-refractivity contribution in [2.24, 2.45) is 17.8 Å². The van der Waals surface area contributed by atoms with Crippen LogP contribution in [0.3, 0.4) is 0 Å². The molecule has 3 N–H and O–H groups in total. The Morgan fingerprint density at radius 2 is 1.75 bits per heavy atom. The first-order chi connectivity index (χ1) is 31.8. The fourth-order valence-corrected chi connectivity index (χ4v) is 10.1. The first-order valence-electron chi connectivity index (χ1n) is 22.8. The molecule has 1 aromatic heterocycles. The Balaban J connectivity index is 1.27. The number of nitrogens with one attached hydrogen (secondary N) is 3. The van der Waals surface area contributed by atoms with Crippen molar-refractivity contribution in [2.75, 3.05) is 13.7 Å². The summed E-state index contributed by atoms with van der Waals surface area (Å²) in [5.41, 5.74) is -3.98. The summed E-state index contributed by atoms with van der Waals surface area (Å²) in [7, 11) is -2.64. The molecule has 2 aromatic carbocycles. The molecule has 0 bridgehead atoms. The van der Waals surface area contributed by atoms with Gasteiger partial charge in [-0.2, -0.15) is 13.2 Å². The van der Waals surface area contributed by atoms with Gasteiger partial charge in [0.2, 0.25) is 33.3 Å². The number of halogens is 4. The minimum atomic E-state index is -4.95. The summed E-state index contributed by atoms with van der Waals surface area (Å²) in [6, 6.07) is 8.27. The van der Waals surface area contributed by atoms with Crippen molar-refractivity contribution in [2.45, 2.75) is 140 Å². The van der Waals surface area contributed by atoms with E-state index in [0.29, 0.717) is 73.7 Å². The third kappa shape index (κ3) is 10.5. The molecular weight excluding hydrogens is 915 g/mol. The molecule has 2 aliphatic carbocycles. The first-order valence-corrected chi connectivity index (χ1v) is 24.3. The highest BCUT2D eigenvalue weighted by Gasteiger charge is 2.63. The molecular formula is C48H59F4N5O10S. The normalized spacial score (nSPS) is 26.9. The lowest BCUT2D eigenvalue weighted by Gasteiger charge is -2.34. The van der Waals surface area contributed by atoms with Crippen LogP contribution in [0.25, 0.3) is 22.0 Å². The number of nitrogens with zero attached hydrogens (tertiary/aromatic N) is 2. The van der Waals surface area contributed by atoms with Crippen molar-refractivity contribution in [3.63, 3.8) is 0 Å². The van der Waals surface area contributed by atoms with Crippen LogP contribution in [0.4, 0.5) is 22.4 Å². The van der Waals surface area contributed by atoms with Gasteiger partial charge in [0.15, 0.2) is 11.6 Å². The number of carbonyl (C=O) groups excluding carboxylic acids is 4. The number of hydrogen-bond acceptors (Lipinski definition) is 11. The summed E-state index contributed by atoms with van der Waals surface area (Å²) in [5, 5.41) is 6.25. The van der Waals surface area contributed by atoms with Crippen molar-refractivity contribution >= 4 is 44.6 Å².